The van der Waals surface area contributed by atoms with Crippen molar-refractivity contribution in [2.24, 2.45) is 7.05 Å². The number of Topliss-reactive ketones (excluding diaryl/α,β-unsaturated/α-hetero) is 1. The summed E-state index contributed by atoms with van der Waals surface area (Å²) in [6.07, 6.45) is 6.21. The van der Waals surface area contributed by atoms with Gasteiger partial charge in [0.05, 0.1) is 6.04 Å². The molecule has 0 saturated heterocycles. The molecule has 0 bridgehead atoms. The number of aromatic nitrogens is 3. The van der Waals surface area contributed by atoms with E-state index in [-0.39, 0.29) is 17.7 Å². The van der Waals surface area contributed by atoms with Crippen LogP contribution in [0.25, 0.3) is 0 Å². The van der Waals surface area contributed by atoms with Crippen molar-refractivity contribution < 1.29 is 9.59 Å². The first-order valence-corrected chi connectivity index (χ1v) is 8.61. The minimum absolute atomic E-state index is 0.0480. The summed E-state index contributed by atoms with van der Waals surface area (Å²) in [5, 5.41) is 4.35. The first kappa shape index (κ1) is 16.3. The van der Waals surface area contributed by atoms with Crippen LogP contribution in [0.15, 0.2) is 55.0 Å². The maximum atomic E-state index is 13.3. The van der Waals surface area contributed by atoms with E-state index < -0.39 is 0 Å². The number of aryl methyl sites for hydroxylation is 1. The van der Waals surface area contributed by atoms with Gasteiger partial charge in [0, 0.05) is 43.4 Å². The van der Waals surface area contributed by atoms with Crippen molar-refractivity contribution >= 4 is 17.4 Å². The Balaban J connectivity index is 1.74. The normalized spacial score (nSPS) is 16.4. The third kappa shape index (κ3) is 2.73. The second-order valence-electron chi connectivity index (χ2n) is 6.67. The van der Waals surface area contributed by atoms with E-state index in [1.807, 2.05) is 35.1 Å². The molecule has 132 valence electrons. The molecule has 6 heteroatoms. The first-order chi connectivity index (χ1) is 12.5. The zero-order valence-electron chi connectivity index (χ0n) is 14.8. The van der Waals surface area contributed by atoms with Crippen LogP contribution in [-0.2, 0) is 13.5 Å². The fourth-order valence-corrected chi connectivity index (χ4v) is 3.55. The quantitative estimate of drug-likeness (QED) is 0.684. The minimum Gasteiger partial charge on any atom is -0.346 e. The Morgan fingerprint density at radius 2 is 2.00 bits per heavy atom. The number of para-hydroxylation sites is 1. The van der Waals surface area contributed by atoms with E-state index in [4.69, 9.17) is 0 Å². The lowest BCUT2D eigenvalue weighted by Gasteiger charge is -2.34. The van der Waals surface area contributed by atoms with Crippen LogP contribution in [-0.4, -0.2) is 32.6 Å². The molecule has 1 aliphatic heterocycles. The molecule has 1 amide bonds. The Morgan fingerprint density at radius 1 is 1.19 bits per heavy atom. The van der Waals surface area contributed by atoms with Gasteiger partial charge in [-0.05, 0) is 37.1 Å². The van der Waals surface area contributed by atoms with Gasteiger partial charge in [-0.3, -0.25) is 14.3 Å². The molecular formula is C20H20N4O2. The van der Waals surface area contributed by atoms with Crippen molar-refractivity contribution in [1.29, 1.82) is 0 Å². The predicted octanol–water partition coefficient (Wildman–Crippen LogP) is 2.87. The average Bonchev–Trinajstić information content (AvgIpc) is 3.30. The number of hydrogen-bond donors (Lipinski definition) is 0. The largest absolute Gasteiger partial charge is 0.346 e. The topological polar surface area (TPSA) is 60.1 Å². The van der Waals surface area contributed by atoms with Crippen molar-refractivity contribution in [3.05, 3.63) is 71.8 Å². The summed E-state index contributed by atoms with van der Waals surface area (Å²) in [6.45, 7) is 2.05. The van der Waals surface area contributed by atoms with E-state index in [0.29, 0.717) is 17.8 Å². The Morgan fingerprint density at radius 3 is 2.69 bits per heavy atom. The summed E-state index contributed by atoms with van der Waals surface area (Å²) in [7, 11) is 1.79. The van der Waals surface area contributed by atoms with Crippen LogP contribution < -0.4 is 4.90 Å². The Kier molecular flexibility index (Phi) is 3.95. The molecule has 0 unspecified atom stereocenters. The third-order valence-electron chi connectivity index (χ3n) is 4.91. The zero-order chi connectivity index (χ0) is 18.3. The van der Waals surface area contributed by atoms with E-state index in [1.165, 1.54) is 6.92 Å². The van der Waals surface area contributed by atoms with Crippen LogP contribution in [0, 0.1) is 0 Å². The molecule has 2 aromatic heterocycles. The van der Waals surface area contributed by atoms with Crippen molar-refractivity contribution in [2.75, 3.05) is 11.4 Å². The van der Waals surface area contributed by atoms with Crippen LogP contribution in [0.2, 0.25) is 0 Å². The summed E-state index contributed by atoms with van der Waals surface area (Å²) in [5.41, 5.74) is 3.09. The summed E-state index contributed by atoms with van der Waals surface area (Å²) in [4.78, 5) is 26.8. The second-order valence-corrected chi connectivity index (χ2v) is 6.67. The molecule has 6 nitrogen and oxygen atoms in total. The maximum absolute atomic E-state index is 13.3. The van der Waals surface area contributed by atoms with Gasteiger partial charge in [0.25, 0.3) is 5.91 Å². The maximum Gasteiger partial charge on any atom is 0.274 e. The monoisotopic (exact) mass is 348 g/mol. The number of nitrogens with zero attached hydrogens (tertiary/aromatic N) is 4. The molecule has 0 saturated carbocycles. The number of hydrogen-bond acceptors (Lipinski definition) is 3. The van der Waals surface area contributed by atoms with Gasteiger partial charge in [-0.1, -0.05) is 18.2 Å². The van der Waals surface area contributed by atoms with Crippen LogP contribution in [0.3, 0.4) is 0 Å². The Hall–Kier alpha value is -3.15. The summed E-state index contributed by atoms with van der Waals surface area (Å²) in [6, 6.07) is 11.6. The smallest absolute Gasteiger partial charge is 0.274 e. The minimum atomic E-state index is -0.107. The molecule has 4 rings (SSSR count). The van der Waals surface area contributed by atoms with Crippen molar-refractivity contribution in [3.8, 4) is 0 Å². The molecule has 3 aromatic rings. The number of carbonyl (C=O) groups excluding carboxylic acids is 2. The molecule has 0 fully saturated rings. The van der Waals surface area contributed by atoms with E-state index in [9.17, 15) is 9.59 Å². The highest BCUT2D eigenvalue weighted by Crippen LogP contribution is 2.32. The van der Waals surface area contributed by atoms with Gasteiger partial charge in [-0.25, -0.2) is 0 Å². The summed E-state index contributed by atoms with van der Waals surface area (Å²) >= 11 is 0. The molecule has 0 N–H and O–H groups in total. The number of benzene rings is 1. The van der Waals surface area contributed by atoms with Crippen molar-refractivity contribution in [1.82, 2.24) is 14.3 Å². The lowest BCUT2D eigenvalue weighted by molar-refractivity contribution is 0.0971. The third-order valence-corrected chi connectivity index (χ3v) is 4.91. The molecule has 26 heavy (non-hydrogen) atoms. The molecule has 0 spiro atoms. The van der Waals surface area contributed by atoms with E-state index >= 15 is 0 Å². The first-order valence-electron chi connectivity index (χ1n) is 8.61. The fourth-order valence-electron chi connectivity index (χ4n) is 3.55. The van der Waals surface area contributed by atoms with Gasteiger partial charge in [0.15, 0.2) is 5.78 Å². The fraction of sp³-hybridized carbons (Fsp3) is 0.250. The van der Waals surface area contributed by atoms with Crippen molar-refractivity contribution in [3.63, 3.8) is 0 Å². The molecule has 1 aliphatic rings. The standard InChI is InChI=1S/C20H20N4O2/c1-14(25)16-11-19(22(2)12-16)20(26)23-13-17(24-9-5-8-21-24)10-15-6-3-4-7-18(15)23/h3-9,11-12,17H,10,13H2,1-2H3/t17-/m1/s1. The number of fused-ring (bicyclic) bond motifs is 1. The zero-order valence-corrected chi connectivity index (χ0v) is 14.8. The SMILES string of the molecule is CC(=O)c1cc(C(=O)N2C[C@H](n3cccn3)Cc3ccccc32)n(C)c1. The summed E-state index contributed by atoms with van der Waals surface area (Å²) < 4.78 is 3.63. The van der Waals surface area contributed by atoms with E-state index in [0.717, 1.165) is 17.7 Å². The van der Waals surface area contributed by atoms with Crippen LogP contribution >= 0.6 is 0 Å². The van der Waals surface area contributed by atoms with Gasteiger partial charge < -0.3 is 9.47 Å². The lowest BCUT2D eigenvalue weighted by atomic mass is 9.97. The number of amides is 1. The number of anilines is 1. The van der Waals surface area contributed by atoms with Crippen LogP contribution in [0.4, 0.5) is 5.69 Å². The lowest BCUT2D eigenvalue weighted by Crippen LogP contribution is -2.41. The Bertz CT molecular complexity index is 972. The average molecular weight is 348 g/mol. The number of carbonyl (C=O) groups is 2. The predicted molar refractivity (Wildman–Crippen MR) is 98.5 cm³/mol. The molecule has 0 aliphatic carbocycles. The van der Waals surface area contributed by atoms with E-state index in [2.05, 4.69) is 11.2 Å². The Labute approximate surface area is 151 Å². The molecular weight excluding hydrogens is 328 g/mol. The van der Waals surface area contributed by atoms with Gasteiger partial charge in [-0.15, -0.1) is 0 Å². The van der Waals surface area contributed by atoms with Crippen molar-refractivity contribution in [2.45, 2.75) is 19.4 Å². The van der Waals surface area contributed by atoms with Gasteiger partial charge in [0.2, 0.25) is 0 Å². The van der Waals surface area contributed by atoms with Gasteiger partial charge in [-0.2, -0.15) is 5.10 Å². The summed E-state index contributed by atoms with van der Waals surface area (Å²) in [5.74, 6) is -0.155. The molecule has 1 atom stereocenters. The highest BCUT2D eigenvalue weighted by molar-refractivity contribution is 6.07. The number of ketones is 1. The van der Waals surface area contributed by atoms with Crippen LogP contribution in [0.1, 0.15) is 39.4 Å². The van der Waals surface area contributed by atoms with Crippen LogP contribution in [0.5, 0.6) is 0 Å². The molecule has 1 aromatic carbocycles. The highest BCUT2D eigenvalue weighted by Gasteiger charge is 2.31. The number of rotatable bonds is 3. The second kappa shape index (κ2) is 6.29. The highest BCUT2D eigenvalue weighted by atomic mass is 16.2. The van der Waals surface area contributed by atoms with Gasteiger partial charge >= 0.3 is 0 Å². The molecule has 0 radical (unpaired) electrons. The van der Waals surface area contributed by atoms with Gasteiger partial charge in [0.1, 0.15) is 5.69 Å². The van der Waals surface area contributed by atoms with E-state index in [1.54, 1.807) is 35.0 Å². The molecule has 3 heterocycles.